The fraction of sp³-hybridized carbons (Fsp3) is 0.923. The molecule has 0 saturated carbocycles. The summed E-state index contributed by atoms with van der Waals surface area (Å²) in [7, 11) is 2.06. The molecular weight excluding hydrogens is 216 g/mol. The van der Waals surface area contributed by atoms with Crippen molar-refractivity contribution < 1.29 is 9.90 Å². The standard InChI is InChI=1S/C13H28N2O2/c1-6-8-11(3)15(5)10-9-13(4,12(16)17)14-7-2/h11,14H,6-10H2,1-5H3,(H,16,17). The molecule has 0 aliphatic heterocycles. The minimum atomic E-state index is -0.811. The maximum Gasteiger partial charge on any atom is 0.323 e. The van der Waals surface area contributed by atoms with Crippen LogP contribution in [0.25, 0.3) is 0 Å². The largest absolute Gasteiger partial charge is 0.480 e. The van der Waals surface area contributed by atoms with E-state index in [-0.39, 0.29) is 0 Å². The number of aliphatic carboxylic acids is 1. The molecule has 0 spiro atoms. The predicted molar refractivity (Wildman–Crippen MR) is 71.3 cm³/mol. The molecule has 0 aromatic heterocycles. The van der Waals surface area contributed by atoms with Gasteiger partial charge in [0.05, 0.1) is 0 Å². The normalized spacial score (nSPS) is 16.8. The van der Waals surface area contributed by atoms with Crippen LogP contribution in [0.4, 0.5) is 0 Å². The molecular formula is C13H28N2O2. The van der Waals surface area contributed by atoms with Gasteiger partial charge in [-0.2, -0.15) is 0 Å². The molecule has 0 rings (SSSR count). The van der Waals surface area contributed by atoms with Crippen molar-refractivity contribution >= 4 is 5.97 Å². The van der Waals surface area contributed by atoms with Gasteiger partial charge in [-0.05, 0) is 40.3 Å². The molecule has 102 valence electrons. The average Bonchev–Trinajstić information content (AvgIpc) is 2.26. The molecule has 0 aromatic carbocycles. The monoisotopic (exact) mass is 244 g/mol. The maximum atomic E-state index is 11.2. The van der Waals surface area contributed by atoms with Crippen molar-refractivity contribution in [2.75, 3.05) is 20.1 Å². The minimum absolute atomic E-state index is 0.514. The van der Waals surface area contributed by atoms with E-state index in [2.05, 4.69) is 31.1 Å². The summed E-state index contributed by atoms with van der Waals surface area (Å²) < 4.78 is 0. The molecule has 2 unspecified atom stereocenters. The zero-order valence-corrected chi connectivity index (χ0v) is 11.9. The van der Waals surface area contributed by atoms with Gasteiger partial charge in [0.25, 0.3) is 0 Å². The van der Waals surface area contributed by atoms with Gasteiger partial charge in [-0.1, -0.05) is 20.3 Å². The molecule has 0 aromatic rings. The van der Waals surface area contributed by atoms with Crippen LogP contribution in [0, 0.1) is 0 Å². The Bertz CT molecular complexity index is 233. The van der Waals surface area contributed by atoms with Crippen LogP contribution >= 0.6 is 0 Å². The molecule has 0 radical (unpaired) electrons. The van der Waals surface area contributed by atoms with E-state index in [1.54, 1.807) is 6.92 Å². The Morgan fingerprint density at radius 2 is 2.06 bits per heavy atom. The van der Waals surface area contributed by atoms with Crippen LogP contribution in [-0.2, 0) is 4.79 Å². The van der Waals surface area contributed by atoms with Gasteiger partial charge in [0.2, 0.25) is 0 Å². The van der Waals surface area contributed by atoms with Crippen molar-refractivity contribution in [2.24, 2.45) is 0 Å². The van der Waals surface area contributed by atoms with Gasteiger partial charge in [-0.25, -0.2) is 0 Å². The Hall–Kier alpha value is -0.610. The summed E-state index contributed by atoms with van der Waals surface area (Å²) in [6.45, 7) is 9.54. The van der Waals surface area contributed by atoms with Crippen molar-refractivity contribution in [2.45, 2.75) is 58.5 Å². The van der Waals surface area contributed by atoms with E-state index in [1.807, 2.05) is 6.92 Å². The van der Waals surface area contributed by atoms with E-state index in [4.69, 9.17) is 0 Å². The lowest BCUT2D eigenvalue weighted by atomic mass is 9.97. The third kappa shape index (κ3) is 5.50. The van der Waals surface area contributed by atoms with Gasteiger partial charge in [0, 0.05) is 12.6 Å². The Balaban J connectivity index is 4.26. The zero-order valence-electron chi connectivity index (χ0n) is 11.9. The second kappa shape index (κ2) is 7.67. The van der Waals surface area contributed by atoms with Crippen LogP contribution in [-0.4, -0.2) is 47.7 Å². The van der Waals surface area contributed by atoms with Gasteiger partial charge in [-0.3, -0.25) is 4.79 Å². The zero-order chi connectivity index (χ0) is 13.5. The van der Waals surface area contributed by atoms with Crippen molar-refractivity contribution in [3.8, 4) is 0 Å². The van der Waals surface area contributed by atoms with E-state index in [9.17, 15) is 9.90 Å². The topological polar surface area (TPSA) is 52.6 Å². The quantitative estimate of drug-likeness (QED) is 0.651. The summed E-state index contributed by atoms with van der Waals surface area (Å²) in [5, 5.41) is 12.3. The summed E-state index contributed by atoms with van der Waals surface area (Å²) >= 11 is 0. The van der Waals surface area contributed by atoms with Gasteiger partial charge in [0.15, 0.2) is 0 Å². The second-order valence-corrected chi connectivity index (χ2v) is 5.04. The van der Waals surface area contributed by atoms with Crippen LogP contribution in [0.3, 0.4) is 0 Å². The predicted octanol–water partition coefficient (Wildman–Crippen LogP) is 1.95. The molecule has 0 heterocycles. The highest BCUT2D eigenvalue weighted by molar-refractivity contribution is 5.78. The summed E-state index contributed by atoms with van der Waals surface area (Å²) in [6.07, 6.45) is 2.94. The molecule has 0 amide bonds. The van der Waals surface area contributed by atoms with Crippen molar-refractivity contribution in [1.82, 2.24) is 10.2 Å². The number of nitrogens with zero attached hydrogens (tertiary/aromatic N) is 1. The van der Waals surface area contributed by atoms with Gasteiger partial charge in [0.1, 0.15) is 5.54 Å². The number of nitrogens with one attached hydrogen (secondary N) is 1. The molecule has 0 bridgehead atoms. The van der Waals surface area contributed by atoms with Gasteiger partial charge >= 0.3 is 5.97 Å². The summed E-state index contributed by atoms with van der Waals surface area (Å²) in [5.74, 6) is -0.768. The van der Waals surface area contributed by atoms with Gasteiger partial charge in [-0.15, -0.1) is 0 Å². The van der Waals surface area contributed by atoms with Crippen molar-refractivity contribution in [3.63, 3.8) is 0 Å². The van der Waals surface area contributed by atoms with E-state index in [0.717, 1.165) is 19.4 Å². The Labute approximate surface area is 105 Å². The van der Waals surface area contributed by atoms with Gasteiger partial charge < -0.3 is 15.3 Å². The summed E-state index contributed by atoms with van der Waals surface area (Å²) in [5.41, 5.74) is -0.811. The molecule has 2 N–H and O–H groups in total. The van der Waals surface area contributed by atoms with Crippen molar-refractivity contribution in [3.05, 3.63) is 0 Å². The first-order chi connectivity index (χ1) is 7.87. The number of hydrogen-bond donors (Lipinski definition) is 2. The number of rotatable bonds is 9. The van der Waals surface area contributed by atoms with E-state index >= 15 is 0 Å². The van der Waals surface area contributed by atoms with Crippen LogP contribution in [0.2, 0.25) is 0 Å². The number of carboxylic acids is 1. The Kier molecular flexibility index (Phi) is 7.39. The fourth-order valence-electron chi connectivity index (χ4n) is 1.92. The van der Waals surface area contributed by atoms with E-state index < -0.39 is 11.5 Å². The molecule has 4 nitrogen and oxygen atoms in total. The lowest BCUT2D eigenvalue weighted by molar-refractivity contribution is -0.144. The molecule has 17 heavy (non-hydrogen) atoms. The molecule has 2 atom stereocenters. The SMILES string of the molecule is CCCC(C)N(C)CCC(C)(NCC)C(=O)O. The number of carboxylic acid groups (broad SMARTS) is 1. The van der Waals surface area contributed by atoms with E-state index in [1.165, 1.54) is 0 Å². The van der Waals surface area contributed by atoms with Crippen LogP contribution in [0.1, 0.15) is 47.0 Å². The fourth-order valence-corrected chi connectivity index (χ4v) is 1.92. The number of likely N-dealkylation sites (N-methyl/N-ethyl adjacent to an activating group) is 1. The molecule has 0 saturated heterocycles. The first-order valence-electron chi connectivity index (χ1n) is 6.56. The highest BCUT2D eigenvalue weighted by atomic mass is 16.4. The molecule has 4 heteroatoms. The van der Waals surface area contributed by atoms with Crippen LogP contribution in [0.5, 0.6) is 0 Å². The molecule has 0 aliphatic carbocycles. The third-order valence-electron chi connectivity index (χ3n) is 3.46. The Morgan fingerprint density at radius 3 is 2.47 bits per heavy atom. The summed E-state index contributed by atoms with van der Waals surface area (Å²) in [6, 6.07) is 0.514. The summed E-state index contributed by atoms with van der Waals surface area (Å²) in [4.78, 5) is 13.5. The maximum absolute atomic E-state index is 11.2. The van der Waals surface area contributed by atoms with Crippen molar-refractivity contribution in [1.29, 1.82) is 0 Å². The minimum Gasteiger partial charge on any atom is -0.480 e. The third-order valence-corrected chi connectivity index (χ3v) is 3.46. The second-order valence-electron chi connectivity index (χ2n) is 5.04. The Morgan fingerprint density at radius 1 is 1.47 bits per heavy atom. The number of carbonyl (C=O) groups is 1. The smallest absolute Gasteiger partial charge is 0.323 e. The first kappa shape index (κ1) is 16.4. The van der Waals surface area contributed by atoms with E-state index in [0.29, 0.717) is 19.0 Å². The van der Waals surface area contributed by atoms with Crippen LogP contribution < -0.4 is 5.32 Å². The average molecular weight is 244 g/mol. The number of hydrogen-bond acceptors (Lipinski definition) is 3. The lowest BCUT2D eigenvalue weighted by Crippen LogP contribution is -2.51. The molecule has 0 fully saturated rings. The van der Waals surface area contributed by atoms with Crippen LogP contribution in [0.15, 0.2) is 0 Å². The molecule has 0 aliphatic rings. The highest BCUT2D eigenvalue weighted by Gasteiger charge is 2.32. The lowest BCUT2D eigenvalue weighted by Gasteiger charge is -2.30. The first-order valence-corrected chi connectivity index (χ1v) is 6.56. The highest BCUT2D eigenvalue weighted by Crippen LogP contribution is 2.13.